The van der Waals surface area contributed by atoms with Crippen LogP contribution in [-0.4, -0.2) is 36.5 Å². The summed E-state index contributed by atoms with van der Waals surface area (Å²) in [6.45, 7) is 5.40. The second-order valence-corrected chi connectivity index (χ2v) is 5.52. The van der Waals surface area contributed by atoms with Crippen molar-refractivity contribution in [2.75, 3.05) is 13.6 Å². The van der Waals surface area contributed by atoms with Crippen LogP contribution in [0, 0.1) is 0 Å². The second kappa shape index (κ2) is 8.52. The zero-order valence-corrected chi connectivity index (χ0v) is 12.4. The Bertz CT molecular complexity index is 235. The van der Waals surface area contributed by atoms with Gasteiger partial charge in [-0.2, -0.15) is 0 Å². The molecular formula is C15H30N2O. The van der Waals surface area contributed by atoms with Crippen molar-refractivity contribution < 1.29 is 4.79 Å². The first kappa shape index (κ1) is 15.5. The molecule has 0 aromatic heterocycles. The molecule has 0 radical (unpaired) electrons. The molecule has 1 amide bonds. The first-order valence-corrected chi connectivity index (χ1v) is 7.68. The van der Waals surface area contributed by atoms with E-state index in [-0.39, 0.29) is 0 Å². The molecule has 0 spiro atoms. The molecule has 0 atom stereocenters. The van der Waals surface area contributed by atoms with Crippen molar-refractivity contribution in [2.24, 2.45) is 0 Å². The average Bonchev–Trinajstić information content (AvgIpc) is 2.39. The Balaban J connectivity index is 2.26. The van der Waals surface area contributed by atoms with Gasteiger partial charge in [0, 0.05) is 25.6 Å². The van der Waals surface area contributed by atoms with Crippen LogP contribution in [0.25, 0.3) is 0 Å². The third-order valence-corrected chi connectivity index (χ3v) is 4.12. The van der Waals surface area contributed by atoms with Crippen molar-refractivity contribution in [2.45, 2.75) is 77.3 Å². The maximum Gasteiger partial charge on any atom is 0.222 e. The maximum absolute atomic E-state index is 12.0. The monoisotopic (exact) mass is 254 g/mol. The minimum absolute atomic E-state index is 0.343. The fraction of sp³-hybridized carbons (Fsp3) is 0.933. The van der Waals surface area contributed by atoms with E-state index in [0.717, 1.165) is 32.2 Å². The van der Waals surface area contributed by atoms with Crippen molar-refractivity contribution in [3.05, 3.63) is 0 Å². The zero-order chi connectivity index (χ0) is 13.4. The fourth-order valence-electron chi connectivity index (χ4n) is 2.86. The summed E-state index contributed by atoms with van der Waals surface area (Å²) in [6, 6.07) is 1.16. The number of unbranched alkanes of at least 4 members (excludes halogenated alkanes) is 2. The van der Waals surface area contributed by atoms with E-state index in [1.54, 1.807) is 0 Å². The minimum Gasteiger partial charge on any atom is -0.343 e. The molecule has 0 heterocycles. The Hall–Kier alpha value is -0.570. The Morgan fingerprint density at radius 1 is 1.17 bits per heavy atom. The van der Waals surface area contributed by atoms with Gasteiger partial charge in [-0.1, -0.05) is 26.7 Å². The van der Waals surface area contributed by atoms with Gasteiger partial charge in [0.1, 0.15) is 0 Å². The number of rotatable bonds is 7. The van der Waals surface area contributed by atoms with Crippen molar-refractivity contribution in [1.29, 1.82) is 0 Å². The van der Waals surface area contributed by atoms with Gasteiger partial charge < -0.3 is 10.2 Å². The average molecular weight is 254 g/mol. The number of hydrogen-bond acceptors (Lipinski definition) is 2. The van der Waals surface area contributed by atoms with E-state index >= 15 is 0 Å². The third-order valence-electron chi connectivity index (χ3n) is 4.12. The molecule has 1 rings (SSSR count). The quantitative estimate of drug-likeness (QED) is 0.708. The largest absolute Gasteiger partial charge is 0.343 e. The smallest absolute Gasteiger partial charge is 0.222 e. The van der Waals surface area contributed by atoms with E-state index < -0.39 is 0 Å². The predicted octanol–water partition coefficient (Wildman–Crippen LogP) is 2.95. The lowest BCUT2D eigenvalue weighted by Gasteiger charge is -2.35. The summed E-state index contributed by atoms with van der Waals surface area (Å²) >= 11 is 0. The number of amides is 1. The van der Waals surface area contributed by atoms with Crippen LogP contribution in [0.4, 0.5) is 0 Å². The van der Waals surface area contributed by atoms with E-state index in [2.05, 4.69) is 19.2 Å². The van der Waals surface area contributed by atoms with E-state index in [1.807, 2.05) is 11.9 Å². The summed E-state index contributed by atoms with van der Waals surface area (Å²) in [6.07, 6.45) is 8.89. The molecule has 1 aliphatic carbocycles. The second-order valence-electron chi connectivity index (χ2n) is 5.52. The van der Waals surface area contributed by atoms with Crippen LogP contribution in [0.15, 0.2) is 0 Å². The summed E-state index contributed by atoms with van der Waals surface area (Å²) in [5.74, 6) is 0.343. The molecule has 1 fully saturated rings. The van der Waals surface area contributed by atoms with Gasteiger partial charge in [-0.25, -0.2) is 0 Å². The Morgan fingerprint density at radius 3 is 2.39 bits per heavy atom. The van der Waals surface area contributed by atoms with E-state index in [9.17, 15) is 4.79 Å². The molecule has 0 aliphatic heterocycles. The van der Waals surface area contributed by atoms with Gasteiger partial charge in [0.25, 0.3) is 0 Å². The summed E-state index contributed by atoms with van der Waals surface area (Å²) in [5.41, 5.74) is 0. The number of carbonyl (C=O) groups excluding carboxylic acids is 1. The molecule has 0 bridgehead atoms. The van der Waals surface area contributed by atoms with Gasteiger partial charge in [-0.15, -0.1) is 0 Å². The first-order valence-electron chi connectivity index (χ1n) is 7.68. The summed E-state index contributed by atoms with van der Waals surface area (Å²) < 4.78 is 0. The van der Waals surface area contributed by atoms with Crippen LogP contribution in [0.2, 0.25) is 0 Å². The molecule has 0 aromatic rings. The van der Waals surface area contributed by atoms with Crippen molar-refractivity contribution in [3.63, 3.8) is 0 Å². The van der Waals surface area contributed by atoms with Crippen LogP contribution >= 0.6 is 0 Å². The first-order chi connectivity index (χ1) is 8.69. The minimum atomic E-state index is 0.343. The van der Waals surface area contributed by atoms with Crippen molar-refractivity contribution in [3.8, 4) is 0 Å². The van der Waals surface area contributed by atoms with Gasteiger partial charge in [0.2, 0.25) is 5.91 Å². The molecule has 3 heteroatoms. The molecule has 1 N–H and O–H groups in total. The molecule has 1 saturated carbocycles. The number of carbonyl (C=O) groups is 1. The topological polar surface area (TPSA) is 32.3 Å². The van der Waals surface area contributed by atoms with Crippen molar-refractivity contribution in [1.82, 2.24) is 10.2 Å². The van der Waals surface area contributed by atoms with Gasteiger partial charge >= 0.3 is 0 Å². The van der Waals surface area contributed by atoms with Gasteiger partial charge in [0.15, 0.2) is 0 Å². The molecule has 106 valence electrons. The highest BCUT2D eigenvalue weighted by atomic mass is 16.2. The zero-order valence-electron chi connectivity index (χ0n) is 12.4. The van der Waals surface area contributed by atoms with Crippen molar-refractivity contribution >= 4 is 5.91 Å². The lowest BCUT2D eigenvalue weighted by Crippen LogP contribution is -2.43. The maximum atomic E-state index is 12.0. The summed E-state index contributed by atoms with van der Waals surface area (Å²) in [4.78, 5) is 14.0. The van der Waals surface area contributed by atoms with Crippen LogP contribution in [-0.2, 0) is 4.79 Å². The third kappa shape index (κ3) is 4.97. The molecule has 18 heavy (non-hydrogen) atoms. The van der Waals surface area contributed by atoms with Crippen LogP contribution in [0.1, 0.15) is 65.2 Å². The molecule has 0 saturated heterocycles. The SMILES string of the molecule is CCCCCC(=O)N(C)C1CCC(NCC)CC1. The Labute approximate surface area is 112 Å². The Morgan fingerprint density at radius 2 is 1.83 bits per heavy atom. The molecule has 1 aliphatic rings. The lowest BCUT2D eigenvalue weighted by atomic mass is 9.90. The van der Waals surface area contributed by atoms with Gasteiger partial charge in [-0.3, -0.25) is 4.79 Å². The molecule has 0 aromatic carbocycles. The van der Waals surface area contributed by atoms with Crippen LogP contribution in [0.3, 0.4) is 0 Å². The van der Waals surface area contributed by atoms with Gasteiger partial charge in [0.05, 0.1) is 0 Å². The number of nitrogens with zero attached hydrogens (tertiary/aromatic N) is 1. The number of hydrogen-bond donors (Lipinski definition) is 1. The number of nitrogens with one attached hydrogen (secondary N) is 1. The molecular weight excluding hydrogens is 224 g/mol. The fourth-order valence-corrected chi connectivity index (χ4v) is 2.86. The highest BCUT2D eigenvalue weighted by Gasteiger charge is 2.25. The summed E-state index contributed by atoms with van der Waals surface area (Å²) in [5, 5.41) is 3.51. The highest BCUT2D eigenvalue weighted by molar-refractivity contribution is 5.76. The van der Waals surface area contributed by atoms with E-state index in [1.165, 1.54) is 25.7 Å². The van der Waals surface area contributed by atoms with Gasteiger partial charge in [-0.05, 0) is 38.6 Å². The lowest BCUT2D eigenvalue weighted by molar-refractivity contribution is -0.132. The predicted molar refractivity (Wildman–Crippen MR) is 76.6 cm³/mol. The van der Waals surface area contributed by atoms with Crippen LogP contribution < -0.4 is 5.32 Å². The molecule has 0 unspecified atom stereocenters. The summed E-state index contributed by atoms with van der Waals surface area (Å²) in [7, 11) is 1.99. The highest BCUT2D eigenvalue weighted by Crippen LogP contribution is 2.23. The molecule has 3 nitrogen and oxygen atoms in total. The Kier molecular flexibility index (Phi) is 7.33. The van der Waals surface area contributed by atoms with E-state index in [4.69, 9.17) is 0 Å². The van der Waals surface area contributed by atoms with E-state index in [0.29, 0.717) is 18.0 Å². The standard InChI is InChI=1S/C15H30N2O/c1-4-6-7-8-15(18)17(3)14-11-9-13(10-12-14)16-5-2/h13-14,16H,4-12H2,1-3H3. The van der Waals surface area contributed by atoms with Crippen LogP contribution in [0.5, 0.6) is 0 Å². The normalized spacial score (nSPS) is 23.9.